The van der Waals surface area contributed by atoms with Crippen LogP contribution >= 0.6 is 22.6 Å². The topological polar surface area (TPSA) is 17.8 Å². The summed E-state index contributed by atoms with van der Waals surface area (Å²) >= 11 is 2.30. The summed E-state index contributed by atoms with van der Waals surface area (Å²) in [5.74, 6) is 0. The fourth-order valence-electron chi connectivity index (χ4n) is 1.82. The molecule has 0 spiro atoms. The zero-order valence-corrected chi connectivity index (χ0v) is 11.8. The second-order valence-corrected chi connectivity index (χ2v) is 5.23. The minimum atomic E-state index is 0.995. The molecule has 0 unspecified atom stereocenters. The van der Waals surface area contributed by atoms with Gasteiger partial charge in [0.1, 0.15) is 0 Å². The van der Waals surface area contributed by atoms with E-state index >= 15 is 0 Å². The Bertz CT molecular complexity index is 642. The van der Waals surface area contributed by atoms with Crippen LogP contribution < -0.4 is 0 Å². The molecule has 0 aliphatic carbocycles. The number of nitrogens with zero attached hydrogens (tertiary/aromatic N) is 2. The number of aromatic nitrogens is 2. The first-order valence-electron chi connectivity index (χ1n) is 5.70. The largest absolute Gasteiger partial charge is 0.240 e. The van der Waals surface area contributed by atoms with Crippen LogP contribution in [0.5, 0.6) is 0 Å². The lowest BCUT2D eigenvalue weighted by atomic mass is 10.2. The van der Waals surface area contributed by atoms with E-state index in [4.69, 9.17) is 0 Å². The Kier molecular flexibility index (Phi) is 3.15. The summed E-state index contributed by atoms with van der Waals surface area (Å²) in [5.41, 5.74) is 3.22. The van der Waals surface area contributed by atoms with E-state index in [-0.39, 0.29) is 0 Å². The standard InChI is InChI=1S/C15H11IN2/c16-13-6-8-14(9-7-13)18-11-10-15(17-18)12-4-2-1-3-5-12/h1-11H. The van der Waals surface area contributed by atoms with Crippen molar-refractivity contribution < 1.29 is 0 Å². The molecule has 3 heteroatoms. The van der Waals surface area contributed by atoms with Crippen molar-refractivity contribution in [3.05, 3.63) is 70.4 Å². The van der Waals surface area contributed by atoms with E-state index in [2.05, 4.69) is 64.1 Å². The fourth-order valence-corrected chi connectivity index (χ4v) is 2.18. The monoisotopic (exact) mass is 346 g/mol. The molecule has 0 N–H and O–H groups in total. The maximum absolute atomic E-state index is 4.59. The molecule has 0 amide bonds. The first-order chi connectivity index (χ1) is 8.83. The van der Waals surface area contributed by atoms with Gasteiger partial charge in [0.15, 0.2) is 0 Å². The van der Waals surface area contributed by atoms with Gasteiger partial charge in [0, 0.05) is 15.3 Å². The fraction of sp³-hybridized carbons (Fsp3) is 0. The normalized spacial score (nSPS) is 10.5. The predicted octanol–water partition coefficient (Wildman–Crippen LogP) is 4.14. The van der Waals surface area contributed by atoms with Gasteiger partial charge in [-0.3, -0.25) is 0 Å². The minimum Gasteiger partial charge on any atom is -0.240 e. The lowest BCUT2D eigenvalue weighted by Crippen LogP contribution is -1.94. The van der Waals surface area contributed by atoms with E-state index in [0.29, 0.717) is 0 Å². The van der Waals surface area contributed by atoms with Crippen LogP contribution in [0.4, 0.5) is 0 Å². The lowest BCUT2D eigenvalue weighted by molar-refractivity contribution is 0.884. The Hall–Kier alpha value is -1.62. The molecule has 0 aliphatic heterocycles. The highest BCUT2D eigenvalue weighted by molar-refractivity contribution is 14.1. The molecule has 1 aromatic heterocycles. The summed E-state index contributed by atoms with van der Waals surface area (Å²) in [6, 6.07) is 20.6. The van der Waals surface area contributed by atoms with Gasteiger partial charge in [0.2, 0.25) is 0 Å². The van der Waals surface area contributed by atoms with Crippen LogP contribution in [-0.4, -0.2) is 9.78 Å². The second kappa shape index (κ2) is 4.94. The van der Waals surface area contributed by atoms with E-state index in [1.165, 1.54) is 3.57 Å². The van der Waals surface area contributed by atoms with Crippen LogP contribution in [0, 0.1) is 3.57 Å². The van der Waals surface area contributed by atoms with Gasteiger partial charge in [0.05, 0.1) is 11.4 Å². The van der Waals surface area contributed by atoms with Crippen molar-refractivity contribution in [1.82, 2.24) is 9.78 Å². The molecule has 1 heterocycles. The quantitative estimate of drug-likeness (QED) is 0.638. The van der Waals surface area contributed by atoms with Crippen molar-refractivity contribution in [2.45, 2.75) is 0 Å². The van der Waals surface area contributed by atoms with Crippen molar-refractivity contribution in [2.75, 3.05) is 0 Å². The highest BCUT2D eigenvalue weighted by Gasteiger charge is 2.02. The van der Waals surface area contributed by atoms with Gasteiger partial charge in [-0.25, -0.2) is 4.68 Å². The maximum Gasteiger partial charge on any atom is 0.0927 e. The van der Waals surface area contributed by atoms with Gasteiger partial charge in [-0.2, -0.15) is 5.10 Å². The summed E-state index contributed by atoms with van der Waals surface area (Å²) in [6.07, 6.45) is 1.99. The molecule has 0 atom stereocenters. The Morgan fingerprint density at radius 2 is 1.56 bits per heavy atom. The average molecular weight is 346 g/mol. The summed E-state index contributed by atoms with van der Waals surface area (Å²) in [6.45, 7) is 0. The van der Waals surface area contributed by atoms with Crippen LogP contribution in [0.1, 0.15) is 0 Å². The van der Waals surface area contributed by atoms with Gasteiger partial charge in [0.25, 0.3) is 0 Å². The number of rotatable bonds is 2. The van der Waals surface area contributed by atoms with Crippen molar-refractivity contribution in [2.24, 2.45) is 0 Å². The van der Waals surface area contributed by atoms with Crippen molar-refractivity contribution in [3.63, 3.8) is 0 Å². The molecule has 0 aliphatic rings. The number of hydrogen-bond donors (Lipinski definition) is 0. The molecule has 3 aromatic rings. The van der Waals surface area contributed by atoms with Crippen LogP contribution in [0.2, 0.25) is 0 Å². The molecule has 18 heavy (non-hydrogen) atoms. The van der Waals surface area contributed by atoms with Gasteiger partial charge in [-0.15, -0.1) is 0 Å². The Morgan fingerprint density at radius 1 is 0.833 bits per heavy atom. The molecule has 0 fully saturated rings. The van der Waals surface area contributed by atoms with E-state index in [0.717, 1.165) is 16.9 Å². The molecule has 3 rings (SSSR count). The van der Waals surface area contributed by atoms with E-state index in [1.807, 2.05) is 35.1 Å². The smallest absolute Gasteiger partial charge is 0.0927 e. The summed E-state index contributed by atoms with van der Waals surface area (Å²) in [5, 5.41) is 4.59. The third kappa shape index (κ3) is 2.31. The van der Waals surface area contributed by atoms with Crippen molar-refractivity contribution >= 4 is 22.6 Å². The van der Waals surface area contributed by atoms with E-state index < -0.39 is 0 Å². The van der Waals surface area contributed by atoms with Crippen molar-refractivity contribution in [3.8, 4) is 16.9 Å². The second-order valence-electron chi connectivity index (χ2n) is 3.99. The zero-order valence-electron chi connectivity index (χ0n) is 9.62. The predicted molar refractivity (Wildman–Crippen MR) is 81.7 cm³/mol. The first kappa shape index (κ1) is 11.5. The highest BCUT2D eigenvalue weighted by atomic mass is 127. The third-order valence-electron chi connectivity index (χ3n) is 2.75. The summed E-state index contributed by atoms with van der Waals surface area (Å²) in [7, 11) is 0. The molecular weight excluding hydrogens is 335 g/mol. The van der Waals surface area contributed by atoms with Crippen LogP contribution in [0.15, 0.2) is 66.9 Å². The molecule has 2 aromatic carbocycles. The minimum absolute atomic E-state index is 0.995. The molecule has 0 radical (unpaired) electrons. The molecule has 2 nitrogen and oxygen atoms in total. The molecule has 88 valence electrons. The first-order valence-corrected chi connectivity index (χ1v) is 6.78. The SMILES string of the molecule is Ic1ccc(-n2ccc(-c3ccccc3)n2)cc1. The Morgan fingerprint density at radius 3 is 2.28 bits per heavy atom. The molecular formula is C15H11IN2. The van der Waals surface area contributed by atoms with Gasteiger partial charge in [-0.05, 0) is 52.9 Å². The van der Waals surface area contributed by atoms with Crippen molar-refractivity contribution in [1.29, 1.82) is 0 Å². The van der Waals surface area contributed by atoms with Crippen LogP contribution in [-0.2, 0) is 0 Å². The third-order valence-corrected chi connectivity index (χ3v) is 3.47. The average Bonchev–Trinajstić information content (AvgIpc) is 2.90. The molecule has 0 bridgehead atoms. The number of halogens is 1. The maximum atomic E-state index is 4.59. The highest BCUT2D eigenvalue weighted by Crippen LogP contribution is 2.18. The summed E-state index contributed by atoms with van der Waals surface area (Å²) in [4.78, 5) is 0. The van der Waals surface area contributed by atoms with Gasteiger partial charge < -0.3 is 0 Å². The van der Waals surface area contributed by atoms with Crippen LogP contribution in [0.3, 0.4) is 0 Å². The summed E-state index contributed by atoms with van der Waals surface area (Å²) < 4.78 is 3.13. The number of hydrogen-bond acceptors (Lipinski definition) is 1. The number of benzene rings is 2. The zero-order chi connectivity index (χ0) is 12.4. The Labute approximate surface area is 119 Å². The van der Waals surface area contributed by atoms with E-state index in [9.17, 15) is 0 Å². The van der Waals surface area contributed by atoms with E-state index in [1.54, 1.807) is 0 Å². The molecule has 0 saturated carbocycles. The Balaban J connectivity index is 1.97. The van der Waals surface area contributed by atoms with Crippen LogP contribution in [0.25, 0.3) is 16.9 Å². The lowest BCUT2D eigenvalue weighted by Gasteiger charge is -2.01. The van der Waals surface area contributed by atoms with Gasteiger partial charge >= 0.3 is 0 Å². The molecule has 0 saturated heterocycles. The van der Waals surface area contributed by atoms with Gasteiger partial charge in [-0.1, -0.05) is 30.3 Å².